The first-order valence-corrected chi connectivity index (χ1v) is 8.31. The summed E-state index contributed by atoms with van der Waals surface area (Å²) in [5.41, 5.74) is 1.41. The first-order valence-electron chi connectivity index (χ1n) is 7.90. The Balaban J connectivity index is 1.80. The minimum Gasteiger partial charge on any atom is -0.494 e. The van der Waals surface area contributed by atoms with Crippen LogP contribution in [0.3, 0.4) is 0 Å². The first-order chi connectivity index (χ1) is 12.5. The SMILES string of the molecule is Cc1c(NC(=S)NC(=O)C2=COCCO2)c(=O)n(-c2ccccc2)n1C. The number of thiocarbonyl (C=S) groups is 1. The van der Waals surface area contributed by atoms with E-state index in [0.29, 0.717) is 18.9 Å². The highest BCUT2D eigenvalue weighted by Crippen LogP contribution is 2.14. The first kappa shape index (κ1) is 17.7. The number of aromatic nitrogens is 2. The van der Waals surface area contributed by atoms with Gasteiger partial charge in [0.25, 0.3) is 11.5 Å². The molecule has 8 nitrogen and oxygen atoms in total. The molecular weight excluding hydrogens is 356 g/mol. The van der Waals surface area contributed by atoms with Crippen LogP contribution in [0, 0.1) is 6.92 Å². The Morgan fingerprint density at radius 3 is 2.62 bits per heavy atom. The maximum atomic E-state index is 12.8. The topological polar surface area (TPSA) is 86.5 Å². The molecule has 2 N–H and O–H groups in total. The van der Waals surface area contributed by atoms with Crippen LogP contribution in [0.1, 0.15) is 5.69 Å². The number of carbonyl (C=O) groups is 1. The van der Waals surface area contributed by atoms with Crippen LogP contribution in [-0.2, 0) is 21.3 Å². The van der Waals surface area contributed by atoms with Crippen molar-refractivity contribution in [3.63, 3.8) is 0 Å². The number of para-hydroxylation sites is 1. The number of rotatable bonds is 3. The Kier molecular flexibility index (Phi) is 5.08. The number of anilines is 1. The second kappa shape index (κ2) is 7.44. The lowest BCUT2D eigenvalue weighted by Gasteiger charge is -2.15. The van der Waals surface area contributed by atoms with Crippen molar-refractivity contribution in [2.24, 2.45) is 7.05 Å². The second-order valence-electron chi connectivity index (χ2n) is 5.55. The van der Waals surface area contributed by atoms with Crippen molar-refractivity contribution in [1.29, 1.82) is 0 Å². The van der Waals surface area contributed by atoms with Crippen LogP contribution in [-0.4, -0.2) is 33.6 Å². The summed E-state index contributed by atoms with van der Waals surface area (Å²) < 4.78 is 13.5. The zero-order chi connectivity index (χ0) is 18.7. The highest BCUT2D eigenvalue weighted by Gasteiger charge is 2.20. The van der Waals surface area contributed by atoms with Crippen LogP contribution < -0.4 is 16.2 Å². The van der Waals surface area contributed by atoms with Crippen LogP contribution in [0.15, 0.2) is 47.1 Å². The lowest BCUT2D eigenvalue weighted by molar-refractivity contribution is -0.120. The summed E-state index contributed by atoms with van der Waals surface area (Å²) >= 11 is 5.15. The number of hydrogen-bond donors (Lipinski definition) is 2. The molecule has 9 heteroatoms. The quantitative estimate of drug-likeness (QED) is 0.785. The average molecular weight is 374 g/mol. The van der Waals surface area contributed by atoms with E-state index in [2.05, 4.69) is 10.6 Å². The molecule has 0 saturated carbocycles. The molecule has 0 bridgehead atoms. The summed E-state index contributed by atoms with van der Waals surface area (Å²) in [5.74, 6) is -0.508. The summed E-state index contributed by atoms with van der Waals surface area (Å²) in [6, 6.07) is 9.24. The van der Waals surface area contributed by atoms with Crippen molar-refractivity contribution >= 4 is 28.9 Å². The van der Waals surface area contributed by atoms with Gasteiger partial charge in [-0.25, -0.2) is 4.68 Å². The molecule has 0 radical (unpaired) electrons. The third-order valence-corrected chi connectivity index (χ3v) is 4.10. The molecule has 1 aliphatic heterocycles. The number of carbonyl (C=O) groups excluding carboxylic acids is 1. The number of nitrogens with one attached hydrogen (secondary N) is 2. The molecule has 2 aromatic rings. The Morgan fingerprint density at radius 2 is 1.96 bits per heavy atom. The molecule has 1 amide bonds. The monoisotopic (exact) mass is 374 g/mol. The van der Waals surface area contributed by atoms with Crippen molar-refractivity contribution in [3.05, 3.63) is 58.4 Å². The molecule has 0 fully saturated rings. The van der Waals surface area contributed by atoms with Gasteiger partial charge >= 0.3 is 0 Å². The van der Waals surface area contributed by atoms with E-state index >= 15 is 0 Å². The smallest absolute Gasteiger partial charge is 0.295 e. The lowest BCUT2D eigenvalue weighted by Crippen LogP contribution is -2.37. The van der Waals surface area contributed by atoms with Gasteiger partial charge in [0.15, 0.2) is 5.11 Å². The molecule has 3 rings (SSSR count). The van der Waals surface area contributed by atoms with Crippen molar-refractivity contribution in [3.8, 4) is 5.69 Å². The zero-order valence-electron chi connectivity index (χ0n) is 14.3. The van der Waals surface area contributed by atoms with Gasteiger partial charge in [0.1, 0.15) is 25.2 Å². The molecule has 0 aliphatic carbocycles. The van der Waals surface area contributed by atoms with E-state index in [0.717, 1.165) is 5.69 Å². The second-order valence-corrected chi connectivity index (χ2v) is 5.95. The van der Waals surface area contributed by atoms with Crippen LogP contribution >= 0.6 is 12.2 Å². The molecule has 2 heterocycles. The van der Waals surface area contributed by atoms with Gasteiger partial charge in [0.05, 0.1) is 11.4 Å². The van der Waals surface area contributed by atoms with E-state index < -0.39 is 5.91 Å². The third kappa shape index (κ3) is 3.47. The molecular formula is C17H18N4O4S. The van der Waals surface area contributed by atoms with Gasteiger partial charge in [-0.2, -0.15) is 0 Å². The van der Waals surface area contributed by atoms with Gasteiger partial charge in [0, 0.05) is 7.05 Å². The molecule has 0 unspecified atom stereocenters. The Hall–Kier alpha value is -3.07. The molecule has 0 saturated heterocycles. The minimum absolute atomic E-state index is 0.00362. The van der Waals surface area contributed by atoms with E-state index in [1.165, 1.54) is 10.9 Å². The van der Waals surface area contributed by atoms with E-state index in [1.54, 1.807) is 18.7 Å². The highest BCUT2D eigenvalue weighted by atomic mass is 32.1. The van der Waals surface area contributed by atoms with E-state index in [-0.39, 0.29) is 22.1 Å². The van der Waals surface area contributed by atoms with Gasteiger partial charge in [-0.15, -0.1) is 0 Å². The van der Waals surface area contributed by atoms with Crippen molar-refractivity contribution in [2.45, 2.75) is 6.92 Å². The van der Waals surface area contributed by atoms with Crippen molar-refractivity contribution < 1.29 is 14.3 Å². The van der Waals surface area contributed by atoms with Crippen LogP contribution in [0.5, 0.6) is 0 Å². The third-order valence-electron chi connectivity index (χ3n) is 3.89. The largest absolute Gasteiger partial charge is 0.494 e. The molecule has 26 heavy (non-hydrogen) atoms. The molecule has 0 atom stereocenters. The van der Waals surface area contributed by atoms with Gasteiger partial charge < -0.3 is 14.8 Å². The van der Waals surface area contributed by atoms with E-state index in [9.17, 15) is 9.59 Å². The predicted molar refractivity (Wildman–Crippen MR) is 100 cm³/mol. The average Bonchev–Trinajstić information content (AvgIpc) is 2.86. The fraction of sp³-hybridized carbons (Fsp3) is 0.235. The number of ether oxygens (including phenoxy) is 2. The standard InChI is InChI=1S/C17H18N4O4S/c1-11-14(16(23)21(20(11)2)12-6-4-3-5-7-12)18-17(26)19-15(22)13-10-24-8-9-25-13/h3-7,10H,8-9H2,1-2H3,(H2,18,19,22,26). The number of amides is 1. The Bertz CT molecular complexity index is 930. The van der Waals surface area contributed by atoms with Crippen LogP contribution in [0.4, 0.5) is 5.69 Å². The van der Waals surface area contributed by atoms with E-state index in [4.69, 9.17) is 21.7 Å². The van der Waals surface area contributed by atoms with Crippen LogP contribution in [0.25, 0.3) is 5.69 Å². The summed E-state index contributed by atoms with van der Waals surface area (Å²) in [6.45, 7) is 2.47. The van der Waals surface area contributed by atoms with Gasteiger partial charge in [-0.05, 0) is 31.3 Å². The fourth-order valence-corrected chi connectivity index (χ4v) is 2.70. The molecule has 0 spiro atoms. The lowest BCUT2D eigenvalue weighted by atomic mass is 10.3. The number of hydrogen-bond acceptors (Lipinski definition) is 5. The Labute approximate surface area is 155 Å². The zero-order valence-corrected chi connectivity index (χ0v) is 15.1. The van der Waals surface area contributed by atoms with Gasteiger partial charge in [-0.1, -0.05) is 18.2 Å². The molecule has 1 aromatic carbocycles. The van der Waals surface area contributed by atoms with Gasteiger partial charge in [0.2, 0.25) is 5.76 Å². The van der Waals surface area contributed by atoms with Crippen molar-refractivity contribution in [2.75, 3.05) is 18.5 Å². The summed E-state index contributed by atoms with van der Waals surface area (Å²) in [4.78, 5) is 24.8. The number of nitrogens with zero attached hydrogens (tertiary/aromatic N) is 2. The van der Waals surface area contributed by atoms with E-state index in [1.807, 2.05) is 30.3 Å². The molecule has 1 aliphatic rings. The fourth-order valence-electron chi connectivity index (χ4n) is 2.51. The maximum Gasteiger partial charge on any atom is 0.295 e. The van der Waals surface area contributed by atoms with Gasteiger partial charge in [-0.3, -0.25) is 19.6 Å². The summed E-state index contributed by atoms with van der Waals surface area (Å²) in [7, 11) is 1.77. The van der Waals surface area contributed by atoms with Crippen LogP contribution in [0.2, 0.25) is 0 Å². The highest BCUT2D eigenvalue weighted by molar-refractivity contribution is 7.80. The van der Waals surface area contributed by atoms with Crippen molar-refractivity contribution in [1.82, 2.24) is 14.7 Å². The summed E-state index contributed by atoms with van der Waals surface area (Å²) in [6.07, 6.45) is 1.23. The molecule has 1 aromatic heterocycles. The predicted octanol–water partition coefficient (Wildman–Crippen LogP) is 1.19. The maximum absolute atomic E-state index is 12.8. The summed E-state index contributed by atoms with van der Waals surface area (Å²) in [5, 5.41) is 5.27. The minimum atomic E-state index is -0.542. The molecule has 136 valence electrons. The normalized spacial score (nSPS) is 13.2. The Morgan fingerprint density at radius 1 is 1.23 bits per heavy atom. The number of benzene rings is 1.